The first-order valence-corrected chi connectivity index (χ1v) is 8.05. The van der Waals surface area contributed by atoms with Crippen LogP contribution < -0.4 is 0 Å². The number of nitro groups is 1. The molecule has 0 aliphatic carbocycles. The van der Waals surface area contributed by atoms with Crippen molar-refractivity contribution >= 4 is 22.6 Å². The smallest absolute Gasteiger partial charge is 0.269 e. The minimum Gasteiger partial charge on any atom is -0.459 e. The Morgan fingerprint density at radius 2 is 1.88 bits per heavy atom. The average Bonchev–Trinajstić information content (AvgIpc) is 3.06. The Morgan fingerprint density at radius 3 is 2.48 bits per heavy atom. The van der Waals surface area contributed by atoms with Crippen molar-refractivity contribution in [2.45, 2.75) is 19.9 Å². The highest BCUT2D eigenvalue weighted by Crippen LogP contribution is 2.28. The van der Waals surface area contributed by atoms with Crippen LogP contribution in [-0.2, 0) is 0 Å². The Labute approximate surface area is 144 Å². The minimum atomic E-state index is -0.483. The molecule has 3 aromatic rings. The third-order valence-electron chi connectivity index (χ3n) is 4.25. The number of benzene rings is 2. The highest BCUT2D eigenvalue weighted by atomic mass is 16.6. The van der Waals surface area contributed by atoms with Gasteiger partial charge in [0.1, 0.15) is 11.3 Å². The SMILES string of the molecule is CCN(C(=O)c1ccc([N+](=O)[O-])cc1)C(C)c1cc2ccccc2o1. The van der Waals surface area contributed by atoms with Crippen LogP contribution in [0.25, 0.3) is 11.0 Å². The Bertz CT molecular complexity index is 882. The summed E-state index contributed by atoms with van der Waals surface area (Å²) < 4.78 is 5.87. The van der Waals surface area contributed by atoms with Crippen LogP contribution >= 0.6 is 0 Å². The van der Waals surface area contributed by atoms with Crippen LogP contribution in [0, 0.1) is 10.1 Å². The lowest BCUT2D eigenvalue weighted by molar-refractivity contribution is -0.384. The molecule has 0 aliphatic heterocycles. The van der Waals surface area contributed by atoms with E-state index in [4.69, 9.17) is 4.42 Å². The van der Waals surface area contributed by atoms with Crippen LogP contribution in [0.4, 0.5) is 5.69 Å². The monoisotopic (exact) mass is 338 g/mol. The molecule has 1 amide bonds. The number of para-hydroxylation sites is 1. The molecule has 25 heavy (non-hydrogen) atoms. The fraction of sp³-hybridized carbons (Fsp3) is 0.211. The van der Waals surface area contributed by atoms with Gasteiger partial charge in [0.25, 0.3) is 11.6 Å². The highest BCUT2D eigenvalue weighted by molar-refractivity contribution is 5.94. The summed E-state index contributed by atoms with van der Waals surface area (Å²) in [6.07, 6.45) is 0. The van der Waals surface area contributed by atoms with Crippen LogP contribution in [0.15, 0.2) is 59.0 Å². The molecule has 0 radical (unpaired) electrons. The summed E-state index contributed by atoms with van der Waals surface area (Å²) in [6, 6.07) is 15.0. The lowest BCUT2D eigenvalue weighted by Crippen LogP contribution is -2.33. The number of hydrogen-bond acceptors (Lipinski definition) is 4. The zero-order chi connectivity index (χ0) is 18.0. The molecule has 2 aromatic carbocycles. The van der Waals surface area contributed by atoms with Crippen LogP contribution in [0.1, 0.15) is 36.0 Å². The molecule has 0 saturated carbocycles. The Kier molecular flexibility index (Phi) is 4.52. The van der Waals surface area contributed by atoms with Crippen molar-refractivity contribution < 1.29 is 14.1 Å². The molecule has 1 atom stereocenters. The molecular weight excluding hydrogens is 320 g/mol. The van der Waals surface area contributed by atoms with Crippen molar-refractivity contribution in [3.8, 4) is 0 Å². The molecule has 1 unspecified atom stereocenters. The Morgan fingerprint density at radius 1 is 1.20 bits per heavy atom. The van der Waals surface area contributed by atoms with Gasteiger partial charge in [0.2, 0.25) is 0 Å². The second kappa shape index (κ2) is 6.76. The number of rotatable bonds is 5. The molecule has 0 spiro atoms. The molecule has 0 bridgehead atoms. The lowest BCUT2D eigenvalue weighted by atomic mass is 10.1. The quantitative estimate of drug-likeness (QED) is 0.504. The number of fused-ring (bicyclic) bond motifs is 1. The maximum absolute atomic E-state index is 12.8. The predicted molar refractivity (Wildman–Crippen MR) is 94.4 cm³/mol. The summed E-state index contributed by atoms with van der Waals surface area (Å²) in [5.74, 6) is 0.517. The van der Waals surface area contributed by atoms with E-state index in [2.05, 4.69) is 0 Å². The molecule has 128 valence electrons. The van der Waals surface area contributed by atoms with Gasteiger partial charge in [0, 0.05) is 29.6 Å². The Hall–Kier alpha value is -3.15. The van der Waals surface area contributed by atoms with E-state index in [1.54, 1.807) is 4.90 Å². The zero-order valence-electron chi connectivity index (χ0n) is 14.0. The normalized spacial score (nSPS) is 12.1. The van der Waals surface area contributed by atoms with Gasteiger partial charge in [0.15, 0.2) is 0 Å². The highest BCUT2D eigenvalue weighted by Gasteiger charge is 2.24. The second-order valence-electron chi connectivity index (χ2n) is 5.76. The van der Waals surface area contributed by atoms with Gasteiger partial charge in [-0.3, -0.25) is 14.9 Å². The third-order valence-corrected chi connectivity index (χ3v) is 4.25. The van der Waals surface area contributed by atoms with Gasteiger partial charge in [-0.2, -0.15) is 0 Å². The van der Waals surface area contributed by atoms with Crippen molar-refractivity contribution in [2.75, 3.05) is 6.54 Å². The number of carbonyl (C=O) groups excluding carboxylic acids is 1. The molecule has 0 fully saturated rings. The molecule has 0 aliphatic rings. The summed E-state index contributed by atoms with van der Waals surface area (Å²) in [7, 11) is 0. The van der Waals surface area contributed by atoms with Gasteiger partial charge in [0.05, 0.1) is 11.0 Å². The van der Waals surface area contributed by atoms with E-state index in [0.29, 0.717) is 17.9 Å². The first kappa shape index (κ1) is 16.7. The summed E-state index contributed by atoms with van der Waals surface area (Å²) in [5.41, 5.74) is 1.16. The molecule has 1 heterocycles. The van der Waals surface area contributed by atoms with E-state index >= 15 is 0 Å². The van der Waals surface area contributed by atoms with Crippen LogP contribution in [0.3, 0.4) is 0 Å². The van der Waals surface area contributed by atoms with E-state index in [-0.39, 0.29) is 17.6 Å². The zero-order valence-corrected chi connectivity index (χ0v) is 14.0. The second-order valence-corrected chi connectivity index (χ2v) is 5.76. The van der Waals surface area contributed by atoms with Crippen molar-refractivity contribution in [1.29, 1.82) is 0 Å². The predicted octanol–water partition coefficient (Wildman–Crippen LogP) is 4.56. The number of non-ortho nitro benzene ring substituents is 1. The van der Waals surface area contributed by atoms with Gasteiger partial charge in [-0.25, -0.2) is 0 Å². The third kappa shape index (κ3) is 3.24. The van der Waals surface area contributed by atoms with E-state index in [9.17, 15) is 14.9 Å². The first-order chi connectivity index (χ1) is 12.0. The van der Waals surface area contributed by atoms with Crippen molar-refractivity contribution in [3.63, 3.8) is 0 Å². The van der Waals surface area contributed by atoms with Gasteiger partial charge < -0.3 is 9.32 Å². The van der Waals surface area contributed by atoms with Crippen LogP contribution in [0.2, 0.25) is 0 Å². The maximum Gasteiger partial charge on any atom is 0.269 e. The number of amides is 1. The fourth-order valence-corrected chi connectivity index (χ4v) is 2.85. The lowest BCUT2D eigenvalue weighted by Gasteiger charge is -2.26. The van der Waals surface area contributed by atoms with Gasteiger partial charge in [-0.1, -0.05) is 18.2 Å². The number of hydrogen-bond donors (Lipinski definition) is 0. The largest absolute Gasteiger partial charge is 0.459 e. The summed E-state index contributed by atoms with van der Waals surface area (Å²) in [6.45, 7) is 4.29. The van der Waals surface area contributed by atoms with E-state index < -0.39 is 4.92 Å². The average molecular weight is 338 g/mol. The standard InChI is InChI=1S/C19H18N2O4/c1-3-20(19(22)14-8-10-16(11-9-14)21(23)24)13(2)18-12-15-6-4-5-7-17(15)25-18/h4-13H,3H2,1-2H3. The molecule has 6 nitrogen and oxygen atoms in total. The molecule has 1 aromatic heterocycles. The summed E-state index contributed by atoms with van der Waals surface area (Å²) in [5, 5.41) is 11.7. The first-order valence-electron chi connectivity index (χ1n) is 8.05. The van der Waals surface area contributed by atoms with E-state index in [0.717, 1.165) is 11.0 Å². The number of nitrogens with zero attached hydrogens (tertiary/aromatic N) is 2. The fourth-order valence-electron chi connectivity index (χ4n) is 2.85. The van der Waals surface area contributed by atoms with Crippen molar-refractivity contribution in [1.82, 2.24) is 4.90 Å². The van der Waals surface area contributed by atoms with Gasteiger partial charge in [-0.05, 0) is 38.1 Å². The topological polar surface area (TPSA) is 76.6 Å². The number of nitro benzene ring substituents is 1. The van der Waals surface area contributed by atoms with Crippen molar-refractivity contribution in [3.05, 3.63) is 76.0 Å². The van der Waals surface area contributed by atoms with Gasteiger partial charge >= 0.3 is 0 Å². The van der Waals surface area contributed by atoms with Crippen molar-refractivity contribution in [2.24, 2.45) is 0 Å². The minimum absolute atomic E-state index is 0.0371. The number of furan rings is 1. The maximum atomic E-state index is 12.8. The van der Waals surface area contributed by atoms with E-state index in [1.807, 2.05) is 44.2 Å². The van der Waals surface area contributed by atoms with Crippen LogP contribution in [0.5, 0.6) is 0 Å². The summed E-state index contributed by atoms with van der Waals surface area (Å²) >= 11 is 0. The molecule has 0 saturated heterocycles. The summed E-state index contributed by atoms with van der Waals surface area (Å²) in [4.78, 5) is 24.7. The van der Waals surface area contributed by atoms with Gasteiger partial charge in [-0.15, -0.1) is 0 Å². The molecule has 3 rings (SSSR count). The Balaban J connectivity index is 1.87. The van der Waals surface area contributed by atoms with Crippen LogP contribution in [-0.4, -0.2) is 22.3 Å². The molecule has 6 heteroatoms. The molecular formula is C19H18N2O4. The number of carbonyl (C=O) groups is 1. The molecule has 0 N–H and O–H groups in total. The van der Waals surface area contributed by atoms with E-state index in [1.165, 1.54) is 24.3 Å².